The van der Waals surface area contributed by atoms with Crippen molar-refractivity contribution >= 4 is 0 Å². The number of nitrogens with zero attached hydrogens (tertiary/aromatic N) is 2. The Bertz CT molecular complexity index is 194. The lowest BCUT2D eigenvalue weighted by molar-refractivity contribution is 0.0484. The van der Waals surface area contributed by atoms with Gasteiger partial charge in [-0.2, -0.15) is 0 Å². The number of methoxy groups -OCH3 is 2. The molecule has 1 unspecified atom stereocenters. The summed E-state index contributed by atoms with van der Waals surface area (Å²) in [5, 5.41) is 0. The zero-order chi connectivity index (χ0) is 12.7. The topological polar surface area (TPSA) is 24.9 Å². The Labute approximate surface area is 106 Å². The average Bonchev–Trinajstić information content (AvgIpc) is 2.77. The fourth-order valence-corrected chi connectivity index (χ4v) is 2.31. The second-order valence-corrected chi connectivity index (χ2v) is 5.15. The summed E-state index contributed by atoms with van der Waals surface area (Å²) in [6.07, 6.45) is 4.63. The van der Waals surface area contributed by atoms with Crippen molar-refractivity contribution in [1.29, 1.82) is 0 Å². The van der Waals surface area contributed by atoms with E-state index in [1.807, 2.05) is 0 Å². The number of ether oxygens (including phenoxy) is 2. The van der Waals surface area contributed by atoms with E-state index in [2.05, 4.69) is 23.9 Å². The maximum Gasteiger partial charge on any atom is 0.0710 e. The molecular formula is C13H28N2O2. The first-order valence-corrected chi connectivity index (χ1v) is 6.58. The second kappa shape index (κ2) is 8.03. The molecule has 17 heavy (non-hydrogen) atoms. The smallest absolute Gasteiger partial charge is 0.0710 e. The molecule has 0 aliphatic carbocycles. The normalized spacial score (nSPS) is 27.9. The standard InChI is InChI=1S/C7H15NO.C6H13NO/c1-8-5-3-7(9-2)4-6-8;1-7-4-3-6(5-7)8-2/h7H,3-6H2,1-2H3;6H,3-5H2,1-2H3. The van der Waals surface area contributed by atoms with Gasteiger partial charge in [0.1, 0.15) is 0 Å². The van der Waals surface area contributed by atoms with Crippen LogP contribution in [-0.2, 0) is 9.47 Å². The summed E-state index contributed by atoms with van der Waals surface area (Å²) in [6.45, 7) is 4.69. The van der Waals surface area contributed by atoms with E-state index in [1.165, 1.54) is 38.9 Å². The van der Waals surface area contributed by atoms with Gasteiger partial charge in [0.05, 0.1) is 12.2 Å². The molecule has 4 nitrogen and oxygen atoms in total. The van der Waals surface area contributed by atoms with Gasteiger partial charge >= 0.3 is 0 Å². The quantitative estimate of drug-likeness (QED) is 0.725. The highest BCUT2D eigenvalue weighted by molar-refractivity contribution is 4.72. The van der Waals surface area contributed by atoms with E-state index in [9.17, 15) is 0 Å². The highest BCUT2D eigenvalue weighted by Crippen LogP contribution is 2.10. The van der Waals surface area contributed by atoms with E-state index in [4.69, 9.17) is 9.47 Å². The predicted molar refractivity (Wildman–Crippen MR) is 70.4 cm³/mol. The lowest BCUT2D eigenvalue weighted by atomic mass is 10.1. The lowest BCUT2D eigenvalue weighted by Crippen LogP contribution is -2.33. The van der Waals surface area contributed by atoms with Crippen molar-refractivity contribution in [1.82, 2.24) is 9.80 Å². The van der Waals surface area contributed by atoms with Crippen molar-refractivity contribution in [2.75, 3.05) is 54.5 Å². The number of hydrogen-bond donors (Lipinski definition) is 0. The fraction of sp³-hybridized carbons (Fsp3) is 1.00. The molecule has 0 radical (unpaired) electrons. The third kappa shape index (κ3) is 5.82. The van der Waals surface area contributed by atoms with Crippen LogP contribution >= 0.6 is 0 Å². The number of piperidine rings is 1. The number of hydrogen-bond acceptors (Lipinski definition) is 4. The molecule has 2 aliphatic heterocycles. The number of rotatable bonds is 2. The largest absolute Gasteiger partial charge is 0.381 e. The Morgan fingerprint density at radius 3 is 1.59 bits per heavy atom. The summed E-state index contributed by atoms with van der Waals surface area (Å²) in [5.41, 5.74) is 0. The van der Waals surface area contributed by atoms with Gasteiger partial charge < -0.3 is 19.3 Å². The van der Waals surface area contributed by atoms with Gasteiger partial charge in [-0.25, -0.2) is 0 Å². The van der Waals surface area contributed by atoms with E-state index >= 15 is 0 Å². The van der Waals surface area contributed by atoms with E-state index < -0.39 is 0 Å². The van der Waals surface area contributed by atoms with Crippen LogP contribution in [0, 0.1) is 0 Å². The molecule has 2 heterocycles. The van der Waals surface area contributed by atoms with Crippen LogP contribution in [0.2, 0.25) is 0 Å². The molecule has 102 valence electrons. The Morgan fingerprint density at radius 2 is 1.24 bits per heavy atom. The van der Waals surface area contributed by atoms with E-state index in [0.29, 0.717) is 12.2 Å². The molecule has 1 atom stereocenters. The maximum atomic E-state index is 5.21. The summed E-state index contributed by atoms with van der Waals surface area (Å²) in [5.74, 6) is 0. The Kier molecular flexibility index (Phi) is 7.04. The second-order valence-electron chi connectivity index (χ2n) is 5.15. The van der Waals surface area contributed by atoms with Crippen LogP contribution < -0.4 is 0 Å². The zero-order valence-electron chi connectivity index (χ0n) is 11.8. The third-order valence-corrected chi connectivity index (χ3v) is 3.68. The van der Waals surface area contributed by atoms with Crippen LogP contribution in [0.4, 0.5) is 0 Å². The van der Waals surface area contributed by atoms with Gasteiger partial charge in [0.25, 0.3) is 0 Å². The Balaban J connectivity index is 0.000000171. The van der Waals surface area contributed by atoms with Crippen LogP contribution in [0.15, 0.2) is 0 Å². The minimum atomic E-state index is 0.500. The molecule has 2 rings (SSSR count). The highest BCUT2D eigenvalue weighted by atomic mass is 16.5. The van der Waals surface area contributed by atoms with E-state index in [0.717, 1.165) is 6.54 Å². The minimum Gasteiger partial charge on any atom is -0.381 e. The molecule has 0 aromatic carbocycles. The molecule has 4 heteroatoms. The van der Waals surface area contributed by atoms with Gasteiger partial charge in [-0.1, -0.05) is 0 Å². The van der Waals surface area contributed by atoms with Crippen LogP contribution in [0.5, 0.6) is 0 Å². The highest BCUT2D eigenvalue weighted by Gasteiger charge is 2.17. The molecule has 2 saturated heterocycles. The summed E-state index contributed by atoms with van der Waals surface area (Å²) < 4.78 is 10.4. The summed E-state index contributed by atoms with van der Waals surface area (Å²) >= 11 is 0. The molecular weight excluding hydrogens is 216 g/mol. The Hall–Kier alpha value is -0.160. The minimum absolute atomic E-state index is 0.500. The summed E-state index contributed by atoms with van der Waals surface area (Å²) in [7, 11) is 7.87. The van der Waals surface area contributed by atoms with Crippen LogP contribution in [0.25, 0.3) is 0 Å². The van der Waals surface area contributed by atoms with Gasteiger partial charge in [0.2, 0.25) is 0 Å². The SMILES string of the molecule is COC1CCN(C)C1.COC1CCN(C)CC1. The number of likely N-dealkylation sites (tertiary alicyclic amines) is 2. The molecule has 0 amide bonds. The van der Waals surface area contributed by atoms with Crippen molar-refractivity contribution in [3.05, 3.63) is 0 Å². The molecule has 0 saturated carbocycles. The average molecular weight is 244 g/mol. The van der Waals surface area contributed by atoms with Crippen LogP contribution in [0.3, 0.4) is 0 Å². The van der Waals surface area contributed by atoms with Crippen LogP contribution in [-0.4, -0.2) is 76.5 Å². The van der Waals surface area contributed by atoms with E-state index in [-0.39, 0.29) is 0 Å². The van der Waals surface area contributed by atoms with Gasteiger partial charge in [-0.3, -0.25) is 0 Å². The molecule has 2 fully saturated rings. The molecule has 2 aliphatic rings. The van der Waals surface area contributed by atoms with Crippen molar-refractivity contribution < 1.29 is 9.47 Å². The van der Waals surface area contributed by atoms with Crippen molar-refractivity contribution in [2.24, 2.45) is 0 Å². The summed E-state index contributed by atoms with van der Waals surface area (Å²) in [4.78, 5) is 4.63. The van der Waals surface area contributed by atoms with Crippen molar-refractivity contribution in [2.45, 2.75) is 31.5 Å². The van der Waals surface area contributed by atoms with Crippen molar-refractivity contribution in [3.63, 3.8) is 0 Å². The molecule has 0 N–H and O–H groups in total. The monoisotopic (exact) mass is 244 g/mol. The first-order chi connectivity index (χ1) is 8.15. The zero-order valence-corrected chi connectivity index (χ0v) is 11.8. The summed E-state index contributed by atoms with van der Waals surface area (Å²) in [6, 6.07) is 0. The Morgan fingerprint density at radius 1 is 0.765 bits per heavy atom. The fourth-order valence-electron chi connectivity index (χ4n) is 2.31. The van der Waals surface area contributed by atoms with Gasteiger partial charge in [0.15, 0.2) is 0 Å². The third-order valence-electron chi connectivity index (χ3n) is 3.68. The van der Waals surface area contributed by atoms with Crippen molar-refractivity contribution in [3.8, 4) is 0 Å². The molecule has 0 bridgehead atoms. The maximum absolute atomic E-state index is 5.21. The predicted octanol–water partition coefficient (Wildman–Crippen LogP) is 1.06. The number of likely N-dealkylation sites (N-methyl/N-ethyl adjacent to an activating group) is 1. The van der Waals surface area contributed by atoms with E-state index in [1.54, 1.807) is 14.2 Å². The van der Waals surface area contributed by atoms with Gasteiger partial charge in [-0.15, -0.1) is 0 Å². The van der Waals surface area contributed by atoms with Gasteiger partial charge in [-0.05, 0) is 33.4 Å². The molecule has 0 aromatic rings. The van der Waals surface area contributed by atoms with Crippen LogP contribution in [0.1, 0.15) is 19.3 Å². The first kappa shape index (κ1) is 14.9. The first-order valence-electron chi connectivity index (χ1n) is 6.58. The van der Waals surface area contributed by atoms with Gasteiger partial charge in [0, 0.05) is 40.4 Å². The molecule has 0 aromatic heterocycles. The lowest BCUT2D eigenvalue weighted by Gasteiger charge is -2.27. The molecule has 0 spiro atoms.